The second kappa shape index (κ2) is 5.94. The fourth-order valence-electron chi connectivity index (χ4n) is 2.64. The summed E-state index contributed by atoms with van der Waals surface area (Å²) in [6, 6.07) is 9.41. The molecule has 0 radical (unpaired) electrons. The lowest BCUT2D eigenvalue weighted by molar-refractivity contribution is -0.141. The van der Waals surface area contributed by atoms with Crippen molar-refractivity contribution in [2.24, 2.45) is 0 Å². The zero-order valence-corrected chi connectivity index (χ0v) is 13.6. The van der Waals surface area contributed by atoms with Gasteiger partial charge in [-0.3, -0.25) is 4.68 Å². The monoisotopic (exact) mass is 358 g/mol. The average Bonchev–Trinajstić information content (AvgIpc) is 3.27. The van der Waals surface area contributed by atoms with E-state index in [-0.39, 0.29) is 5.78 Å². The molecule has 0 fully saturated rings. The van der Waals surface area contributed by atoms with E-state index in [4.69, 9.17) is 0 Å². The Labute approximate surface area is 145 Å². The second-order valence-electron chi connectivity index (χ2n) is 5.63. The quantitative estimate of drug-likeness (QED) is 0.560. The molecule has 4 rings (SSSR count). The van der Waals surface area contributed by atoms with Gasteiger partial charge in [0.1, 0.15) is 0 Å². The number of hydrogen-bond donors (Lipinski definition) is 0. The molecule has 0 saturated heterocycles. The molecule has 0 bridgehead atoms. The van der Waals surface area contributed by atoms with Crippen LogP contribution in [0.3, 0.4) is 0 Å². The molecule has 4 aromatic rings. The first-order valence-electron chi connectivity index (χ1n) is 7.88. The molecule has 9 heteroatoms. The van der Waals surface area contributed by atoms with Crippen LogP contribution in [0.5, 0.6) is 0 Å². The van der Waals surface area contributed by atoms with E-state index < -0.39 is 11.9 Å². The van der Waals surface area contributed by atoms with Crippen LogP contribution in [-0.4, -0.2) is 29.4 Å². The largest absolute Gasteiger partial charge is 0.435 e. The van der Waals surface area contributed by atoms with Gasteiger partial charge >= 0.3 is 6.18 Å². The van der Waals surface area contributed by atoms with Gasteiger partial charge in [-0.2, -0.15) is 27.9 Å². The summed E-state index contributed by atoms with van der Waals surface area (Å²) < 4.78 is 41.4. The van der Waals surface area contributed by atoms with Crippen molar-refractivity contribution >= 4 is 5.78 Å². The molecule has 0 amide bonds. The van der Waals surface area contributed by atoms with Crippen molar-refractivity contribution < 1.29 is 13.2 Å². The van der Waals surface area contributed by atoms with Gasteiger partial charge in [0.25, 0.3) is 5.78 Å². The Morgan fingerprint density at radius 3 is 2.62 bits per heavy atom. The van der Waals surface area contributed by atoms with Crippen molar-refractivity contribution in [3.8, 4) is 22.5 Å². The average molecular weight is 358 g/mol. The molecule has 0 unspecified atom stereocenters. The molecule has 3 heterocycles. The number of aryl methyl sites for hydroxylation is 1. The molecule has 1 aromatic carbocycles. The van der Waals surface area contributed by atoms with Crippen LogP contribution in [0.4, 0.5) is 13.2 Å². The van der Waals surface area contributed by atoms with E-state index in [2.05, 4.69) is 20.2 Å². The lowest BCUT2D eigenvalue weighted by Gasteiger charge is -2.06. The molecule has 0 aliphatic heterocycles. The summed E-state index contributed by atoms with van der Waals surface area (Å²) in [5, 5.41) is 8.32. The van der Waals surface area contributed by atoms with Gasteiger partial charge in [-0.25, -0.2) is 9.97 Å². The first kappa shape index (κ1) is 16.2. The van der Waals surface area contributed by atoms with Gasteiger partial charge in [0, 0.05) is 23.9 Å². The predicted octanol–water partition coefficient (Wildman–Crippen LogP) is 3.69. The minimum atomic E-state index is -4.56. The van der Waals surface area contributed by atoms with Crippen LogP contribution in [0.15, 0.2) is 48.9 Å². The number of aromatic nitrogens is 6. The molecule has 3 aromatic heterocycles. The van der Waals surface area contributed by atoms with Gasteiger partial charge in [-0.15, -0.1) is 0 Å². The molecular formula is C17H13F3N6. The minimum absolute atomic E-state index is 0.101. The predicted molar refractivity (Wildman–Crippen MR) is 88.1 cm³/mol. The molecule has 0 aliphatic carbocycles. The third-order valence-corrected chi connectivity index (χ3v) is 3.95. The van der Waals surface area contributed by atoms with Gasteiger partial charge in [0.15, 0.2) is 5.69 Å². The Hall–Kier alpha value is -3.23. The number of imidazole rings is 1. The highest BCUT2D eigenvalue weighted by atomic mass is 19.4. The van der Waals surface area contributed by atoms with Crippen molar-refractivity contribution in [2.45, 2.75) is 19.6 Å². The van der Waals surface area contributed by atoms with E-state index in [1.165, 1.54) is 10.7 Å². The number of alkyl halides is 3. The van der Waals surface area contributed by atoms with E-state index in [1.54, 1.807) is 0 Å². The van der Waals surface area contributed by atoms with Gasteiger partial charge in [0.05, 0.1) is 23.8 Å². The summed E-state index contributed by atoms with van der Waals surface area (Å²) in [7, 11) is 0. The van der Waals surface area contributed by atoms with Crippen LogP contribution >= 0.6 is 0 Å². The lowest BCUT2D eigenvalue weighted by atomic mass is 10.1. The van der Waals surface area contributed by atoms with Crippen LogP contribution in [0.2, 0.25) is 0 Å². The standard InChI is InChI=1S/C17H13F3N6/c1-2-25-7-6-13(24-25)11-4-3-5-12(8-11)14-9-21-16-23-15(17(18,19)20)10-22-26(14)16/h3-10H,2H2,1H3. The van der Waals surface area contributed by atoms with Gasteiger partial charge in [-0.1, -0.05) is 18.2 Å². The molecule has 0 N–H and O–H groups in total. The third-order valence-electron chi connectivity index (χ3n) is 3.95. The first-order chi connectivity index (χ1) is 12.5. The van der Waals surface area contributed by atoms with Crippen molar-refractivity contribution in [1.29, 1.82) is 0 Å². The maximum absolute atomic E-state index is 12.8. The van der Waals surface area contributed by atoms with Crippen molar-refractivity contribution in [2.75, 3.05) is 0 Å². The molecule has 0 spiro atoms. The number of nitrogens with zero attached hydrogens (tertiary/aromatic N) is 6. The van der Waals surface area contributed by atoms with Crippen molar-refractivity contribution in [1.82, 2.24) is 29.4 Å². The summed E-state index contributed by atoms with van der Waals surface area (Å²) in [6.07, 6.45) is -0.510. The third kappa shape index (κ3) is 2.81. The highest BCUT2D eigenvalue weighted by Gasteiger charge is 2.33. The zero-order chi connectivity index (χ0) is 18.3. The van der Waals surface area contributed by atoms with E-state index >= 15 is 0 Å². The van der Waals surface area contributed by atoms with Crippen LogP contribution in [0.1, 0.15) is 12.6 Å². The number of hydrogen-bond acceptors (Lipinski definition) is 4. The maximum Gasteiger partial charge on any atom is 0.435 e. The molecular weight excluding hydrogens is 345 g/mol. The number of rotatable bonds is 3. The molecule has 0 saturated carbocycles. The lowest BCUT2D eigenvalue weighted by Crippen LogP contribution is -2.11. The van der Waals surface area contributed by atoms with Crippen LogP contribution in [-0.2, 0) is 12.7 Å². The van der Waals surface area contributed by atoms with Crippen LogP contribution < -0.4 is 0 Å². The summed E-state index contributed by atoms with van der Waals surface area (Å²) in [5.41, 5.74) is 1.95. The molecule has 6 nitrogen and oxygen atoms in total. The van der Waals surface area contributed by atoms with E-state index in [0.717, 1.165) is 23.4 Å². The number of fused-ring (bicyclic) bond motifs is 1. The topological polar surface area (TPSA) is 60.9 Å². The first-order valence-corrected chi connectivity index (χ1v) is 7.88. The molecule has 0 atom stereocenters. The van der Waals surface area contributed by atoms with E-state index in [9.17, 15) is 13.2 Å². The zero-order valence-electron chi connectivity index (χ0n) is 13.6. The Bertz CT molecular complexity index is 1080. The summed E-state index contributed by atoms with van der Waals surface area (Å²) in [4.78, 5) is 7.49. The van der Waals surface area contributed by atoms with E-state index in [1.807, 2.05) is 48.1 Å². The molecule has 0 aliphatic rings. The number of halogens is 3. The van der Waals surface area contributed by atoms with Crippen LogP contribution in [0.25, 0.3) is 28.3 Å². The van der Waals surface area contributed by atoms with Crippen molar-refractivity contribution in [3.63, 3.8) is 0 Å². The fourth-order valence-corrected chi connectivity index (χ4v) is 2.64. The summed E-state index contributed by atoms with van der Waals surface area (Å²) in [6.45, 7) is 2.77. The maximum atomic E-state index is 12.8. The molecule has 26 heavy (non-hydrogen) atoms. The minimum Gasteiger partial charge on any atom is -0.272 e. The Morgan fingerprint density at radius 1 is 1.08 bits per heavy atom. The smallest absolute Gasteiger partial charge is 0.272 e. The number of benzene rings is 1. The van der Waals surface area contributed by atoms with Gasteiger partial charge in [0.2, 0.25) is 0 Å². The Balaban J connectivity index is 1.77. The highest BCUT2D eigenvalue weighted by Crippen LogP contribution is 2.29. The summed E-state index contributed by atoms with van der Waals surface area (Å²) in [5.74, 6) is -0.101. The Kier molecular flexibility index (Phi) is 3.71. The highest BCUT2D eigenvalue weighted by molar-refractivity contribution is 5.70. The van der Waals surface area contributed by atoms with Gasteiger partial charge in [-0.05, 0) is 19.1 Å². The fraction of sp³-hybridized carbons (Fsp3) is 0.176. The van der Waals surface area contributed by atoms with Gasteiger partial charge < -0.3 is 0 Å². The van der Waals surface area contributed by atoms with Crippen LogP contribution in [0, 0.1) is 0 Å². The Morgan fingerprint density at radius 2 is 1.88 bits per heavy atom. The van der Waals surface area contributed by atoms with E-state index in [0.29, 0.717) is 11.9 Å². The molecule has 132 valence electrons. The van der Waals surface area contributed by atoms with Crippen molar-refractivity contribution in [3.05, 3.63) is 54.6 Å². The normalized spacial score (nSPS) is 12.0. The SMILES string of the molecule is CCn1ccc(-c2cccc(-c3cnc4nc(C(F)(F)F)cnn34)c2)n1. The summed E-state index contributed by atoms with van der Waals surface area (Å²) >= 11 is 0. The second-order valence-corrected chi connectivity index (χ2v) is 5.63.